The van der Waals surface area contributed by atoms with Gasteiger partial charge in [-0.2, -0.15) is 0 Å². The molecule has 1 heterocycles. The molecule has 1 aromatic carbocycles. The van der Waals surface area contributed by atoms with E-state index in [1.807, 2.05) is 0 Å². The van der Waals surface area contributed by atoms with Crippen LogP contribution in [0, 0.1) is 0 Å². The molecule has 0 aliphatic carbocycles. The van der Waals surface area contributed by atoms with Crippen LogP contribution in [-0.2, 0) is 11.3 Å². The smallest absolute Gasteiger partial charge is 0.246 e. The third kappa shape index (κ3) is 3.38. The summed E-state index contributed by atoms with van der Waals surface area (Å²) in [6.45, 7) is 0.00363. The van der Waals surface area contributed by atoms with Gasteiger partial charge in [0.15, 0.2) is 11.5 Å². The number of anilines is 1. The summed E-state index contributed by atoms with van der Waals surface area (Å²) >= 11 is 0. The molecular formula is C12H15N5O4. The number of hydrogen-bond donors (Lipinski definition) is 1. The molecule has 0 bridgehead atoms. The van der Waals surface area contributed by atoms with Gasteiger partial charge >= 0.3 is 0 Å². The summed E-state index contributed by atoms with van der Waals surface area (Å²) in [4.78, 5) is 11.9. The Morgan fingerprint density at radius 1 is 1.19 bits per heavy atom. The molecule has 0 saturated carbocycles. The maximum absolute atomic E-state index is 11.9. The van der Waals surface area contributed by atoms with Gasteiger partial charge in [0.05, 0.1) is 21.3 Å². The number of nitrogens with one attached hydrogen (secondary N) is 1. The summed E-state index contributed by atoms with van der Waals surface area (Å²) in [7, 11) is 4.52. The van der Waals surface area contributed by atoms with Crippen molar-refractivity contribution in [2.24, 2.45) is 0 Å². The minimum absolute atomic E-state index is 0.00363. The first-order chi connectivity index (χ1) is 10.2. The number of carbonyl (C=O) groups is 1. The summed E-state index contributed by atoms with van der Waals surface area (Å²) in [5, 5.41) is 13.2. The lowest BCUT2D eigenvalue weighted by atomic mass is 10.2. The van der Waals surface area contributed by atoms with Crippen molar-refractivity contribution in [1.29, 1.82) is 0 Å². The lowest BCUT2D eigenvalue weighted by Gasteiger charge is -2.14. The summed E-state index contributed by atoms with van der Waals surface area (Å²) in [6, 6.07) is 3.28. The van der Waals surface area contributed by atoms with Crippen molar-refractivity contribution in [2.75, 3.05) is 26.6 Å². The lowest BCUT2D eigenvalue weighted by Crippen LogP contribution is -2.19. The molecule has 0 aliphatic rings. The Kier molecular flexibility index (Phi) is 4.54. The van der Waals surface area contributed by atoms with Gasteiger partial charge in [-0.05, 0) is 10.4 Å². The van der Waals surface area contributed by atoms with Gasteiger partial charge in [0.25, 0.3) is 0 Å². The van der Waals surface area contributed by atoms with Gasteiger partial charge in [0, 0.05) is 17.8 Å². The second kappa shape index (κ2) is 6.55. The fraction of sp³-hybridized carbons (Fsp3) is 0.333. The van der Waals surface area contributed by atoms with E-state index >= 15 is 0 Å². The second-order valence-corrected chi connectivity index (χ2v) is 3.97. The van der Waals surface area contributed by atoms with Crippen LogP contribution in [0.1, 0.15) is 0 Å². The van der Waals surface area contributed by atoms with Crippen LogP contribution in [0.25, 0.3) is 0 Å². The summed E-state index contributed by atoms with van der Waals surface area (Å²) < 4.78 is 16.9. The van der Waals surface area contributed by atoms with Gasteiger partial charge < -0.3 is 19.5 Å². The summed E-state index contributed by atoms with van der Waals surface area (Å²) in [5.41, 5.74) is 0.516. The number of amides is 1. The van der Waals surface area contributed by atoms with E-state index in [4.69, 9.17) is 14.2 Å². The van der Waals surface area contributed by atoms with Gasteiger partial charge in [-0.1, -0.05) is 0 Å². The van der Waals surface area contributed by atoms with E-state index in [2.05, 4.69) is 20.8 Å². The van der Waals surface area contributed by atoms with Gasteiger partial charge in [-0.3, -0.25) is 4.79 Å². The van der Waals surface area contributed by atoms with Crippen LogP contribution in [0.3, 0.4) is 0 Å². The van der Waals surface area contributed by atoms with E-state index in [-0.39, 0.29) is 12.5 Å². The van der Waals surface area contributed by atoms with Crippen molar-refractivity contribution in [3.8, 4) is 17.2 Å². The molecule has 112 valence electrons. The zero-order valence-corrected chi connectivity index (χ0v) is 11.9. The maximum Gasteiger partial charge on any atom is 0.246 e. The fourth-order valence-corrected chi connectivity index (χ4v) is 1.75. The molecule has 2 aromatic rings. The van der Waals surface area contributed by atoms with Crippen LogP contribution in [0.5, 0.6) is 17.2 Å². The topological polar surface area (TPSA) is 100 Å². The van der Waals surface area contributed by atoms with E-state index in [9.17, 15) is 4.79 Å². The van der Waals surface area contributed by atoms with Crippen molar-refractivity contribution in [1.82, 2.24) is 20.2 Å². The van der Waals surface area contributed by atoms with Gasteiger partial charge in [-0.15, -0.1) is 5.10 Å². The van der Waals surface area contributed by atoms with Crippen LogP contribution in [0.4, 0.5) is 5.69 Å². The molecule has 1 amide bonds. The molecule has 21 heavy (non-hydrogen) atoms. The highest BCUT2D eigenvalue weighted by atomic mass is 16.5. The summed E-state index contributed by atoms with van der Waals surface area (Å²) in [6.07, 6.45) is 1.36. The van der Waals surface area contributed by atoms with Crippen LogP contribution in [0.15, 0.2) is 18.5 Å². The van der Waals surface area contributed by atoms with E-state index < -0.39 is 0 Å². The van der Waals surface area contributed by atoms with Crippen LogP contribution < -0.4 is 19.5 Å². The van der Waals surface area contributed by atoms with Gasteiger partial charge in [-0.25, -0.2) is 4.68 Å². The number of aromatic nitrogens is 4. The van der Waals surface area contributed by atoms with E-state index in [1.165, 1.54) is 32.3 Å². The van der Waals surface area contributed by atoms with E-state index in [0.29, 0.717) is 22.9 Å². The molecule has 1 aromatic heterocycles. The molecule has 9 heteroatoms. The number of tetrazole rings is 1. The second-order valence-electron chi connectivity index (χ2n) is 3.97. The molecule has 9 nitrogen and oxygen atoms in total. The zero-order chi connectivity index (χ0) is 15.2. The highest BCUT2D eigenvalue weighted by Gasteiger charge is 2.14. The molecule has 2 rings (SSSR count). The molecule has 0 saturated heterocycles. The quantitative estimate of drug-likeness (QED) is 0.819. The van der Waals surface area contributed by atoms with Crippen molar-refractivity contribution >= 4 is 11.6 Å². The molecule has 0 unspecified atom stereocenters. The third-order valence-corrected chi connectivity index (χ3v) is 2.65. The Morgan fingerprint density at radius 3 is 2.33 bits per heavy atom. The molecule has 0 radical (unpaired) electrons. The van der Waals surface area contributed by atoms with Crippen molar-refractivity contribution in [3.63, 3.8) is 0 Å². The van der Waals surface area contributed by atoms with Crippen molar-refractivity contribution < 1.29 is 19.0 Å². The number of carbonyl (C=O) groups excluding carboxylic acids is 1. The number of rotatable bonds is 6. The SMILES string of the molecule is COc1cc(NC(=O)Cn2cnnn2)cc(OC)c1OC. The maximum atomic E-state index is 11.9. The Balaban J connectivity index is 2.17. The number of hydrogen-bond acceptors (Lipinski definition) is 7. The predicted molar refractivity (Wildman–Crippen MR) is 72.5 cm³/mol. The molecule has 0 spiro atoms. The molecule has 0 atom stereocenters. The highest BCUT2D eigenvalue weighted by Crippen LogP contribution is 2.39. The Bertz CT molecular complexity index is 589. The average molecular weight is 293 g/mol. The number of benzene rings is 1. The Hall–Kier alpha value is -2.84. The first-order valence-corrected chi connectivity index (χ1v) is 5.98. The lowest BCUT2D eigenvalue weighted by molar-refractivity contribution is -0.116. The van der Waals surface area contributed by atoms with Crippen LogP contribution in [-0.4, -0.2) is 47.4 Å². The summed E-state index contributed by atoms with van der Waals surface area (Å²) in [5.74, 6) is 1.08. The third-order valence-electron chi connectivity index (χ3n) is 2.65. The van der Waals surface area contributed by atoms with E-state index in [1.54, 1.807) is 12.1 Å². The van der Waals surface area contributed by atoms with Crippen molar-refractivity contribution in [3.05, 3.63) is 18.5 Å². The Labute approximate surface area is 120 Å². The molecule has 1 N–H and O–H groups in total. The monoisotopic (exact) mass is 293 g/mol. The standard InChI is InChI=1S/C12H15N5O4/c1-19-9-4-8(5-10(20-2)12(9)21-3)14-11(18)6-17-7-13-15-16-17/h4-5,7H,6H2,1-3H3,(H,14,18). The van der Waals surface area contributed by atoms with Crippen LogP contribution >= 0.6 is 0 Å². The first-order valence-electron chi connectivity index (χ1n) is 5.98. The first kappa shape index (κ1) is 14.6. The fourth-order valence-electron chi connectivity index (χ4n) is 1.75. The van der Waals surface area contributed by atoms with Crippen LogP contribution in [0.2, 0.25) is 0 Å². The zero-order valence-electron chi connectivity index (χ0n) is 11.9. The Morgan fingerprint density at radius 2 is 1.86 bits per heavy atom. The molecule has 0 fully saturated rings. The van der Waals surface area contributed by atoms with E-state index in [0.717, 1.165) is 0 Å². The normalized spacial score (nSPS) is 10.0. The van der Waals surface area contributed by atoms with Gasteiger partial charge in [0.2, 0.25) is 11.7 Å². The highest BCUT2D eigenvalue weighted by molar-refractivity contribution is 5.91. The number of nitrogens with zero attached hydrogens (tertiary/aromatic N) is 4. The van der Waals surface area contributed by atoms with Gasteiger partial charge in [0.1, 0.15) is 12.9 Å². The average Bonchev–Trinajstić information content (AvgIpc) is 2.98. The minimum atomic E-state index is -0.281. The number of ether oxygens (including phenoxy) is 3. The largest absolute Gasteiger partial charge is 0.493 e. The van der Waals surface area contributed by atoms with Crippen molar-refractivity contribution in [2.45, 2.75) is 6.54 Å². The molecular weight excluding hydrogens is 278 g/mol. The molecule has 0 aliphatic heterocycles. The minimum Gasteiger partial charge on any atom is -0.493 e. The number of methoxy groups -OCH3 is 3. The predicted octanol–water partition coefficient (Wildman–Crippen LogP) is 0.338.